The SMILES string of the molecule is CCCN(CC(=O)O)C(=O)N(C)CCc1ccccc1. The number of likely N-dealkylation sites (N-methyl/N-ethyl adjacent to an activating group) is 1. The molecule has 5 nitrogen and oxygen atoms in total. The molecule has 0 heterocycles. The second kappa shape index (κ2) is 8.19. The Hall–Kier alpha value is -2.04. The van der Waals surface area contributed by atoms with E-state index in [-0.39, 0.29) is 12.6 Å². The topological polar surface area (TPSA) is 60.9 Å². The normalized spacial score (nSPS) is 10.1. The van der Waals surface area contributed by atoms with Gasteiger partial charge in [0.2, 0.25) is 0 Å². The molecule has 0 saturated heterocycles. The Morgan fingerprint density at radius 3 is 2.35 bits per heavy atom. The number of carbonyl (C=O) groups excluding carboxylic acids is 1. The van der Waals surface area contributed by atoms with Crippen LogP contribution in [-0.4, -0.2) is 53.6 Å². The van der Waals surface area contributed by atoms with Gasteiger partial charge in [0.05, 0.1) is 0 Å². The van der Waals surface area contributed by atoms with Gasteiger partial charge in [-0.2, -0.15) is 0 Å². The minimum atomic E-state index is -0.983. The maximum atomic E-state index is 12.2. The Bertz CT molecular complexity index is 434. The van der Waals surface area contributed by atoms with Gasteiger partial charge in [-0.15, -0.1) is 0 Å². The first-order valence-electron chi connectivity index (χ1n) is 6.80. The Kier molecular flexibility index (Phi) is 6.56. The van der Waals surface area contributed by atoms with E-state index in [9.17, 15) is 9.59 Å². The van der Waals surface area contributed by atoms with Crippen LogP contribution in [0.15, 0.2) is 30.3 Å². The summed E-state index contributed by atoms with van der Waals surface area (Å²) in [7, 11) is 1.70. The van der Waals surface area contributed by atoms with Crippen LogP contribution in [0.1, 0.15) is 18.9 Å². The van der Waals surface area contributed by atoms with Crippen molar-refractivity contribution in [2.24, 2.45) is 0 Å². The monoisotopic (exact) mass is 278 g/mol. The molecule has 20 heavy (non-hydrogen) atoms. The van der Waals surface area contributed by atoms with Crippen molar-refractivity contribution in [1.29, 1.82) is 0 Å². The van der Waals surface area contributed by atoms with Crippen LogP contribution in [0.25, 0.3) is 0 Å². The molecule has 1 aromatic carbocycles. The maximum Gasteiger partial charge on any atom is 0.323 e. The predicted octanol–water partition coefficient (Wildman–Crippen LogP) is 2.08. The van der Waals surface area contributed by atoms with Gasteiger partial charge in [0, 0.05) is 20.1 Å². The van der Waals surface area contributed by atoms with Crippen molar-refractivity contribution in [3.05, 3.63) is 35.9 Å². The van der Waals surface area contributed by atoms with Crippen LogP contribution in [0.3, 0.4) is 0 Å². The Morgan fingerprint density at radius 1 is 1.15 bits per heavy atom. The summed E-state index contributed by atoms with van der Waals surface area (Å²) in [6, 6.07) is 9.67. The van der Waals surface area contributed by atoms with E-state index >= 15 is 0 Å². The van der Waals surface area contributed by atoms with Crippen molar-refractivity contribution >= 4 is 12.0 Å². The van der Waals surface area contributed by atoms with Crippen LogP contribution in [0.4, 0.5) is 4.79 Å². The third-order valence-electron chi connectivity index (χ3n) is 3.00. The minimum Gasteiger partial charge on any atom is -0.480 e. The fourth-order valence-corrected chi connectivity index (χ4v) is 1.95. The molecule has 5 heteroatoms. The minimum absolute atomic E-state index is 0.231. The van der Waals surface area contributed by atoms with Crippen LogP contribution >= 0.6 is 0 Å². The van der Waals surface area contributed by atoms with Gasteiger partial charge in [0.15, 0.2) is 0 Å². The van der Waals surface area contributed by atoms with E-state index in [1.54, 1.807) is 11.9 Å². The quantitative estimate of drug-likeness (QED) is 0.830. The summed E-state index contributed by atoms with van der Waals surface area (Å²) in [4.78, 5) is 25.9. The predicted molar refractivity (Wildman–Crippen MR) is 77.7 cm³/mol. The summed E-state index contributed by atoms with van der Waals surface area (Å²) in [6.45, 7) is 2.71. The first-order valence-corrected chi connectivity index (χ1v) is 6.80. The third-order valence-corrected chi connectivity index (χ3v) is 3.00. The van der Waals surface area contributed by atoms with Gasteiger partial charge in [-0.05, 0) is 18.4 Å². The molecule has 0 bridgehead atoms. The summed E-state index contributed by atoms with van der Waals surface area (Å²) < 4.78 is 0. The number of carboxylic acid groups (broad SMARTS) is 1. The molecule has 0 fully saturated rings. The number of carboxylic acids is 1. The van der Waals surface area contributed by atoms with Crippen LogP contribution in [0.2, 0.25) is 0 Å². The average Bonchev–Trinajstić information content (AvgIpc) is 2.44. The molecule has 0 saturated carbocycles. The first-order chi connectivity index (χ1) is 9.54. The highest BCUT2D eigenvalue weighted by atomic mass is 16.4. The fraction of sp³-hybridized carbons (Fsp3) is 0.467. The molecule has 110 valence electrons. The number of urea groups is 1. The maximum absolute atomic E-state index is 12.2. The number of nitrogens with zero attached hydrogens (tertiary/aromatic N) is 2. The van der Waals surface area contributed by atoms with E-state index in [2.05, 4.69) is 0 Å². The molecule has 0 aromatic heterocycles. The molecule has 0 atom stereocenters. The van der Waals surface area contributed by atoms with Gasteiger partial charge in [-0.3, -0.25) is 4.79 Å². The van der Waals surface area contributed by atoms with Gasteiger partial charge in [-0.1, -0.05) is 37.3 Å². The summed E-state index contributed by atoms with van der Waals surface area (Å²) in [5.74, 6) is -0.983. The van der Waals surface area contributed by atoms with Crippen molar-refractivity contribution in [2.45, 2.75) is 19.8 Å². The van der Waals surface area contributed by atoms with Crippen LogP contribution in [-0.2, 0) is 11.2 Å². The van der Waals surface area contributed by atoms with Crippen molar-refractivity contribution in [1.82, 2.24) is 9.80 Å². The molecule has 2 amide bonds. The lowest BCUT2D eigenvalue weighted by Crippen LogP contribution is -2.44. The number of hydrogen-bond donors (Lipinski definition) is 1. The fourth-order valence-electron chi connectivity index (χ4n) is 1.95. The lowest BCUT2D eigenvalue weighted by atomic mass is 10.1. The molecule has 0 aliphatic carbocycles. The highest BCUT2D eigenvalue weighted by Crippen LogP contribution is 2.03. The molecule has 1 N–H and O–H groups in total. The van der Waals surface area contributed by atoms with Gasteiger partial charge in [-0.25, -0.2) is 4.79 Å². The highest BCUT2D eigenvalue weighted by molar-refractivity contribution is 5.80. The largest absolute Gasteiger partial charge is 0.480 e. The molecule has 0 spiro atoms. The first kappa shape index (κ1) is 16.0. The number of hydrogen-bond acceptors (Lipinski definition) is 2. The summed E-state index contributed by atoms with van der Waals surface area (Å²) in [5, 5.41) is 8.84. The van der Waals surface area contributed by atoms with Gasteiger partial charge >= 0.3 is 12.0 Å². The molecule has 0 aliphatic heterocycles. The second-order valence-electron chi connectivity index (χ2n) is 4.76. The standard InChI is InChI=1S/C15H22N2O3/c1-3-10-17(12-14(18)19)15(20)16(2)11-9-13-7-5-4-6-8-13/h4-8H,3,9-12H2,1-2H3,(H,18,19). The number of benzene rings is 1. The van der Waals surface area contributed by atoms with E-state index in [1.165, 1.54) is 4.90 Å². The van der Waals surface area contributed by atoms with E-state index < -0.39 is 5.97 Å². The average molecular weight is 278 g/mol. The lowest BCUT2D eigenvalue weighted by Gasteiger charge is -2.26. The van der Waals surface area contributed by atoms with Crippen molar-refractivity contribution < 1.29 is 14.7 Å². The van der Waals surface area contributed by atoms with Crippen molar-refractivity contribution in [2.75, 3.05) is 26.7 Å². The van der Waals surface area contributed by atoms with E-state index in [0.717, 1.165) is 18.4 Å². The van der Waals surface area contributed by atoms with E-state index in [1.807, 2.05) is 37.3 Å². The van der Waals surface area contributed by atoms with Gasteiger partial charge < -0.3 is 14.9 Å². The van der Waals surface area contributed by atoms with Crippen molar-refractivity contribution in [3.63, 3.8) is 0 Å². The number of carbonyl (C=O) groups is 2. The third kappa shape index (κ3) is 5.30. The Labute approximate surface area is 119 Å². The lowest BCUT2D eigenvalue weighted by molar-refractivity contribution is -0.137. The summed E-state index contributed by atoms with van der Waals surface area (Å²) in [5.41, 5.74) is 1.16. The molecule has 1 rings (SSSR count). The number of amides is 2. The number of aliphatic carboxylic acids is 1. The molecular weight excluding hydrogens is 256 g/mol. The number of rotatable bonds is 7. The molecule has 0 aliphatic rings. The zero-order valence-corrected chi connectivity index (χ0v) is 12.1. The van der Waals surface area contributed by atoms with Crippen LogP contribution in [0.5, 0.6) is 0 Å². The molecule has 0 radical (unpaired) electrons. The van der Waals surface area contributed by atoms with Gasteiger partial charge in [0.25, 0.3) is 0 Å². The summed E-state index contributed by atoms with van der Waals surface area (Å²) in [6.07, 6.45) is 1.50. The highest BCUT2D eigenvalue weighted by Gasteiger charge is 2.19. The zero-order valence-electron chi connectivity index (χ0n) is 12.1. The molecule has 1 aromatic rings. The van der Waals surface area contributed by atoms with E-state index in [0.29, 0.717) is 13.1 Å². The van der Waals surface area contributed by atoms with Gasteiger partial charge in [0.1, 0.15) is 6.54 Å². The Morgan fingerprint density at radius 2 is 1.80 bits per heavy atom. The molecular formula is C15H22N2O3. The second-order valence-corrected chi connectivity index (χ2v) is 4.76. The van der Waals surface area contributed by atoms with Crippen LogP contribution < -0.4 is 0 Å². The zero-order chi connectivity index (χ0) is 15.0. The van der Waals surface area contributed by atoms with Crippen LogP contribution in [0, 0.1) is 0 Å². The molecule has 0 unspecified atom stereocenters. The van der Waals surface area contributed by atoms with Crippen molar-refractivity contribution in [3.8, 4) is 0 Å². The Balaban J connectivity index is 2.53. The summed E-state index contributed by atoms with van der Waals surface area (Å²) >= 11 is 0. The smallest absolute Gasteiger partial charge is 0.323 e. The van der Waals surface area contributed by atoms with E-state index in [4.69, 9.17) is 5.11 Å².